The molecular weight excluding hydrogens is 250 g/mol. The first-order valence-electron chi connectivity index (χ1n) is 6.30. The van der Waals surface area contributed by atoms with E-state index in [9.17, 15) is 0 Å². The molecule has 19 heavy (non-hydrogen) atoms. The van der Waals surface area contributed by atoms with Crippen LogP contribution in [0.4, 0.5) is 5.69 Å². The van der Waals surface area contributed by atoms with Gasteiger partial charge in [-0.2, -0.15) is 0 Å². The van der Waals surface area contributed by atoms with Crippen molar-refractivity contribution in [3.8, 4) is 0 Å². The first-order chi connectivity index (χ1) is 9.33. The molecule has 0 aliphatic heterocycles. The predicted molar refractivity (Wildman–Crippen MR) is 84.6 cm³/mol. The first kappa shape index (κ1) is 12.1. The van der Waals surface area contributed by atoms with E-state index in [2.05, 4.69) is 78.4 Å². The number of hydrogen-bond acceptors (Lipinski definition) is 2. The largest absolute Gasteiger partial charge is 0.325 e. The number of aryl methyl sites for hydroxylation is 1. The average molecular weight is 265 g/mol. The molecule has 0 amide bonds. The van der Waals surface area contributed by atoms with Crippen LogP contribution in [0.2, 0.25) is 0 Å². The number of anilines is 1. The Morgan fingerprint density at radius 2 is 1.53 bits per heavy atom. The Hall–Kier alpha value is -1.93. The highest BCUT2D eigenvalue weighted by Crippen LogP contribution is 2.26. The van der Waals surface area contributed by atoms with Crippen molar-refractivity contribution in [3.63, 3.8) is 0 Å². The predicted octanol–water partition coefficient (Wildman–Crippen LogP) is 5.27. The maximum absolute atomic E-state index is 3.41. The van der Waals surface area contributed by atoms with Crippen molar-refractivity contribution in [1.29, 1.82) is 0 Å². The van der Waals surface area contributed by atoms with Crippen molar-refractivity contribution < 1.29 is 0 Å². The van der Waals surface area contributed by atoms with Gasteiger partial charge in [0.1, 0.15) is 0 Å². The second-order valence-corrected chi connectivity index (χ2v) is 5.41. The number of hydrogen-bond donors (Lipinski definition) is 1. The zero-order valence-electron chi connectivity index (χ0n) is 10.8. The molecule has 0 aliphatic rings. The van der Waals surface area contributed by atoms with Gasteiger partial charge in [0.05, 0.1) is 0 Å². The molecule has 0 atom stereocenters. The lowest BCUT2D eigenvalue weighted by Gasteiger charge is -2.08. The van der Waals surface area contributed by atoms with E-state index >= 15 is 0 Å². The molecular formula is C17H15NS. The molecule has 0 saturated carbocycles. The fourth-order valence-electron chi connectivity index (χ4n) is 2.03. The Kier molecular flexibility index (Phi) is 3.43. The lowest BCUT2D eigenvalue weighted by Crippen LogP contribution is -1.89. The number of benzene rings is 3. The summed E-state index contributed by atoms with van der Waals surface area (Å²) in [5.74, 6) is 0. The van der Waals surface area contributed by atoms with Crippen LogP contribution in [-0.2, 0) is 0 Å². The monoisotopic (exact) mass is 265 g/mol. The molecule has 1 N–H and O–H groups in total. The molecule has 94 valence electrons. The van der Waals surface area contributed by atoms with Crippen LogP contribution in [0.25, 0.3) is 10.8 Å². The van der Waals surface area contributed by atoms with E-state index in [-0.39, 0.29) is 0 Å². The average Bonchev–Trinajstić information content (AvgIpc) is 2.46. The molecule has 0 radical (unpaired) electrons. The van der Waals surface area contributed by atoms with Gasteiger partial charge in [-0.3, -0.25) is 0 Å². The number of nitrogens with one attached hydrogen (secondary N) is 1. The Bertz CT molecular complexity index is 706. The zero-order valence-corrected chi connectivity index (χ0v) is 11.6. The van der Waals surface area contributed by atoms with Gasteiger partial charge < -0.3 is 4.72 Å². The maximum atomic E-state index is 3.41. The summed E-state index contributed by atoms with van der Waals surface area (Å²) in [5.41, 5.74) is 2.43. The van der Waals surface area contributed by atoms with Gasteiger partial charge in [-0.25, -0.2) is 0 Å². The van der Waals surface area contributed by atoms with Gasteiger partial charge in [-0.05, 0) is 53.4 Å². The molecule has 2 heteroatoms. The third kappa shape index (κ3) is 2.74. The summed E-state index contributed by atoms with van der Waals surface area (Å²) < 4.78 is 3.41. The Labute approximate surface area is 117 Å². The van der Waals surface area contributed by atoms with Crippen LogP contribution in [0, 0.1) is 6.92 Å². The minimum Gasteiger partial charge on any atom is -0.325 e. The van der Waals surface area contributed by atoms with E-state index in [1.807, 2.05) is 0 Å². The van der Waals surface area contributed by atoms with Gasteiger partial charge in [-0.1, -0.05) is 48.5 Å². The topological polar surface area (TPSA) is 12.0 Å². The van der Waals surface area contributed by atoms with Crippen LogP contribution in [0.3, 0.4) is 0 Å². The summed E-state index contributed by atoms with van der Waals surface area (Å²) in [4.78, 5) is 1.22. The standard InChI is InChI=1S/C17H15NS/c1-13-6-2-5-9-17(13)18-19-16-11-10-14-7-3-4-8-15(14)12-16/h2-12,18H,1H3. The van der Waals surface area contributed by atoms with Crippen molar-refractivity contribution in [2.75, 3.05) is 4.72 Å². The van der Waals surface area contributed by atoms with Gasteiger partial charge >= 0.3 is 0 Å². The second-order valence-electron chi connectivity index (χ2n) is 4.53. The van der Waals surface area contributed by atoms with Crippen molar-refractivity contribution in [2.24, 2.45) is 0 Å². The smallest absolute Gasteiger partial charge is 0.0472 e. The molecule has 0 aromatic heterocycles. The van der Waals surface area contributed by atoms with E-state index < -0.39 is 0 Å². The molecule has 0 saturated heterocycles. The molecule has 3 aromatic carbocycles. The van der Waals surface area contributed by atoms with Crippen LogP contribution in [0.15, 0.2) is 71.6 Å². The number of fused-ring (bicyclic) bond motifs is 1. The minimum absolute atomic E-state index is 1.17. The molecule has 0 bridgehead atoms. The normalized spacial score (nSPS) is 10.6. The van der Waals surface area contributed by atoms with E-state index in [1.54, 1.807) is 11.9 Å². The Morgan fingerprint density at radius 3 is 2.37 bits per heavy atom. The summed E-state index contributed by atoms with van der Waals surface area (Å²) in [5, 5.41) is 2.56. The fourth-order valence-corrected chi connectivity index (χ4v) is 2.81. The summed E-state index contributed by atoms with van der Waals surface area (Å²) in [6.07, 6.45) is 0. The SMILES string of the molecule is Cc1ccccc1NSc1ccc2ccccc2c1. The summed E-state index contributed by atoms with van der Waals surface area (Å²) in [7, 11) is 0. The summed E-state index contributed by atoms with van der Waals surface area (Å²) in [6.45, 7) is 2.11. The third-order valence-electron chi connectivity index (χ3n) is 3.14. The summed E-state index contributed by atoms with van der Waals surface area (Å²) in [6, 6.07) is 23.3. The molecule has 3 aromatic rings. The van der Waals surface area contributed by atoms with Crippen molar-refractivity contribution in [2.45, 2.75) is 11.8 Å². The van der Waals surface area contributed by atoms with Crippen LogP contribution in [0.5, 0.6) is 0 Å². The molecule has 1 nitrogen and oxygen atoms in total. The van der Waals surface area contributed by atoms with Crippen molar-refractivity contribution in [1.82, 2.24) is 0 Å². The molecule has 0 spiro atoms. The van der Waals surface area contributed by atoms with Gasteiger partial charge in [-0.15, -0.1) is 0 Å². The quantitative estimate of drug-likeness (QED) is 0.648. The lowest BCUT2D eigenvalue weighted by molar-refractivity contribution is 1.46. The second kappa shape index (κ2) is 5.37. The fraction of sp³-hybridized carbons (Fsp3) is 0.0588. The number of para-hydroxylation sites is 1. The zero-order chi connectivity index (χ0) is 13.1. The van der Waals surface area contributed by atoms with Gasteiger partial charge in [0, 0.05) is 10.6 Å². The van der Waals surface area contributed by atoms with E-state index in [0.717, 1.165) is 0 Å². The van der Waals surface area contributed by atoms with Crippen molar-refractivity contribution >= 4 is 28.4 Å². The van der Waals surface area contributed by atoms with Crippen LogP contribution < -0.4 is 4.72 Å². The number of rotatable bonds is 3. The van der Waals surface area contributed by atoms with Gasteiger partial charge in [0.25, 0.3) is 0 Å². The molecule has 0 unspecified atom stereocenters. The van der Waals surface area contributed by atoms with Gasteiger partial charge in [0.15, 0.2) is 0 Å². The Balaban J connectivity index is 1.80. The van der Waals surface area contributed by atoms with E-state index in [1.165, 1.54) is 26.9 Å². The first-order valence-corrected chi connectivity index (χ1v) is 7.12. The molecule has 0 aliphatic carbocycles. The Morgan fingerprint density at radius 1 is 0.789 bits per heavy atom. The molecule has 0 fully saturated rings. The third-order valence-corrected chi connectivity index (χ3v) is 3.96. The minimum atomic E-state index is 1.17. The highest BCUT2D eigenvalue weighted by atomic mass is 32.2. The maximum Gasteiger partial charge on any atom is 0.0472 e. The molecule has 0 heterocycles. The molecule has 3 rings (SSSR count). The highest BCUT2D eigenvalue weighted by Gasteiger charge is 1.99. The van der Waals surface area contributed by atoms with Crippen LogP contribution >= 0.6 is 11.9 Å². The van der Waals surface area contributed by atoms with Crippen LogP contribution in [0.1, 0.15) is 5.56 Å². The van der Waals surface area contributed by atoms with Gasteiger partial charge in [0.2, 0.25) is 0 Å². The summed E-state index contributed by atoms with van der Waals surface area (Å²) >= 11 is 1.65. The van der Waals surface area contributed by atoms with E-state index in [0.29, 0.717) is 0 Å². The highest BCUT2D eigenvalue weighted by molar-refractivity contribution is 8.00. The van der Waals surface area contributed by atoms with E-state index in [4.69, 9.17) is 0 Å². The van der Waals surface area contributed by atoms with Crippen LogP contribution in [-0.4, -0.2) is 0 Å². The lowest BCUT2D eigenvalue weighted by atomic mass is 10.1. The van der Waals surface area contributed by atoms with Crippen molar-refractivity contribution in [3.05, 3.63) is 72.3 Å².